The van der Waals surface area contributed by atoms with Crippen molar-refractivity contribution in [3.05, 3.63) is 32.7 Å². The van der Waals surface area contributed by atoms with Crippen molar-refractivity contribution in [1.29, 1.82) is 0 Å². The van der Waals surface area contributed by atoms with Gasteiger partial charge in [0.2, 0.25) is 0 Å². The number of pyridine rings is 1. The number of anilines is 1. The Labute approximate surface area is 162 Å². The van der Waals surface area contributed by atoms with Crippen molar-refractivity contribution >= 4 is 67.9 Å². The molecule has 0 aliphatic rings. The fourth-order valence-electron chi connectivity index (χ4n) is 2.54. The molecule has 2 heterocycles. The number of H-pyrrole nitrogens is 1. The molecule has 0 saturated heterocycles. The van der Waals surface area contributed by atoms with Crippen LogP contribution in [-0.4, -0.2) is 28.7 Å². The molecule has 0 saturated carbocycles. The lowest BCUT2D eigenvalue weighted by Crippen LogP contribution is -2.34. The van der Waals surface area contributed by atoms with Crippen LogP contribution in [0, 0.1) is 9.39 Å². The molecule has 0 aliphatic heterocycles. The first-order chi connectivity index (χ1) is 11.6. The van der Waals surface area contributed by atoms with Crippen molar-refractivity contribution in [1.82, 2.24) is 9.97 Å². The number of hydrogen-bond donors (Lipinski definition) is 1. The van der Waals surface area contributed by atoms with Crippen LogP contribution in [0.1, 0.15) is 20.8 Å². The number of aromatic nitrogens is 2. The van der Waals surface area contributed by atoms with E-state index < -0.39 is 17.5 Å². The Balaban J connectivity index is 2.22. The molecule has 0 bridgehead atoms. The zero-order chi connectivity index (χ0) is 18.5. The maximum atomic E-state index is 14.2. The smallest absolute Gasteiger partial charge is 0.414 e. The monoisotopic (exact) mass is 475 g/mol. The summed E-state index contributed by atoms with van der Waals surface area (Å²) < 4.78 is 20.4. The Morgan fingerprint density at radius 1 is 1.40 bits per heavy atom. The summed E-state index contributed by atoms with van der Waals surface area (Å²) in [7, 11) is 1.53. The Bertz CT molecular complexity index is 997. The summed E-state index contributed by atoms with van der Waals surface area (Å²) in [6.45, 7) is 5.32. The molecule has 132 valence electrons. The van der Waals surface area contributed by atoms with Crippen LogP contribution in [0.15, 0.2) is 18.3 Å². The van der Waals surface area contributed by atoms with Gasteiger partial charge in [-0.1, -0.05) is 11.6 Å². The number of nitrogens with one attached hydrogen (secondary N) is 1. The van der Waals surface area contributed by atoms with Crippen LogP contribution in [0.5, 0.6) is 0 Å². The van der Waals surface area contributed by atoms with Gasteiger partial charge in [-0.15, -0.1) is 0 Å². The second-order valence-corrected chi connectivity index (χ2v) is 8.20. The molecule has 0 spiro atoms. The van der Waals surface area contributed by atoms with Crippen LogP contribution < -0.4 is 4.90 Å². The summed E-state index contributed by atoms with van der Waals surface area (Å²) in [5.74, 6) is -0.478. The van der Waals surface area contributed by atoms with Crippen molar-refractivity contribution in [2.45, 2.75) is 26.4 Å². The lowest BCUT2D eigenvalue weighted by Gasteiger charge is -2.25. The minimum atomic E-state index is -0.654. The van der Waals surface area contributed by atoms with Gasteiger partial charge in [0.1, 0.15) is 17.1 Å². The van der Waals surface area contributed by atoms with E-state index in [0.717, 1.165) is 3.57 Å². The van der Waals surface area contributed by atoms with E-state index in [1.54, 1.807) is 27.0 Å². The van der Waals surface area contributed by atoms with E-state index in [4.69, 9.17) is 16.3 Å². The highest BCUT2D eigenvalue weighted by Crippen LogP contribution is 2.37. The van der Waals surface area contributed by atoms with Gasteiger partial charge in [-0.2, -0.15) is 0 Å². The molecule has 3 aromatic rings. The Kier molecular flexibility index (Phi) is 4.57. The van der Waals surface area contributed by atoms with E-state index >= 15 is 0 Å². The molecule has 3 rings (SSSR count). The van der Waals surface area contributed by atoms with Gasteiger partial charge in [-0.05, 0) is 55.5 Å². The summed E-state index contributed by atoms with van der Waals surface area (Å²) in [5.41, 5.74) is 0.804. The molecule has 0 atom stereocenters. The summed E-state index contributed by atoms with van der Waals surface area (Å²) in [6.07, 6.45) is 1.06. The van der Waals surface area contributed by atoms with Gasteiger partial charge >= 0.3 is 6.09 Å². The quantitative estimate of drug-likeness (QED) is 0.474. The molecule has 0 unspecified atom stereocenters. The average Bonchev–Trinajstić information content (AvgIpc) is 2.86. The molecule has 5 nitrogen and oxygen atoms in total. The van der Waals surface area contributed by atoms with Crippen molar-refractivity contribution in [3.63, 3.8) is 0 Å². The van der Waals surface area contributed by atoms with Crippen molar-refractivity contribution < 1.29 is 13.9 Å². The maximum Gasteiger partial charge on any atom is 0.414 e. The molecular weight excluding hydrogens is 460 g/mol. The Hall–Kier alpha value is -1.61. The number of hydrogen-bond acceptors (Lipinski definition) is 3. The Morgan fingerprint density at radius 2 is 2.08 bits per heavy atom. The van der Waals surface area contributed by atoms with Crippen molar-refractivity contribution in [2.75, 3.05) is 11.9 Å². The largest absolute Gasteiger partial charge is 0.443 e. The van der Waals surface area contributed by atoms with Crippen LogP contribution in [-0.2, 0) is 4.74 Å². The second-order valence-electron chi connectivity index (χ2n) is 6.66. The minimum Gasteiger partial charge on any atom is -0.443 e. The lowest BCUT2D eigenvalue weighted by atomic mass is 10.1. The van der Waals surface area contributed by atoms with Gasteiger partial charge in [0.15, 0.2) is 0 Å². The predicted molar refractivity (Wildman–Crippen MR) is 106 cm³/mol. The number of amides is 1. The molecule has 25 heavy (non-hydrogen) atoms. The number of halogens is 3. The van der Waals surface area contributed by atoms with E-state index in [1.165, 1.54) is 24.1 Å². The van der Waals surface area contributed by atoms with Crippen LogP contribution in [0.25, 0.3) is 21.9 Å². The zero-order valence-electron chi connectivity index (χ0n) is 14.1. The van der Waals surface area contributed by atoms with Gasteiger partial charge in [-0.3, -0.25) is 4.90 Å². The first-order valence-electron chi connectivity index (χ1n) is 7.50. The highest BCUT2D eigenvalue weighted by Gasteiger charge is 2.24. The highest BCUT2D eigenvalue weighted by atomic mass is 127. The number of ether oxygens (including phenoxy) is 1. The van der Waals surface area contributed by atoms with Gasteiger partial charge in [-0.25, -0.2) is 14.2 Å². The van der Waals surface area contributed by atoms with E-state index in [1.807, 2.05) is 0 Å². The van der Waals surface area contributed by atoms with Crippen LogP contribution in [0.2, 0.25) is 5.02 Å². The minimum absolute atomic E-state index is 0.355. The predicted octanol–water partition coefficient (Wildman–Crippen LogP) is 5.48. The normalized spacial score (nSPS) is 12.0. The number of fused-ring (bicyclic) bond motifs is 3. The summed E-state index contributed by atoms with van der Waals surface area (Å²) in [4.78, 5) is 21.1. The first-order valence-corrected chi connectivity index (χ1v) is 8.96. The standard InChI is InChI=1S/C17H16ClFIN3O2/c1-17(2,3)25-16(24)23(4)11-6-8(19)5-9-12-13(18)10(20)7-21-15(12)22-14(9)11/h5-7H,1-4H3,(H,21,22). The van der Waals surface area contributed by atoms with Gasteiger partial charge < -0.3 is 9.72 Å². The summed E-state index contributed by atoms with van der Waals surface area (Å²) in [5, 5.41) is 1.69. The molecule has 1 N–H and O–H groups in total. The van der Waals surface area contributed by atoms with Gasteiger partial charge in [0.25, 0.3) is 0 Å². The topological polar surface area (TPSA) is 58.2 Å². The number of rotatable bonds is 1. The molecular formula is C17H16ClFIN3O2. The van der Waals surface area contributed by atoms with Crippen molar-refractivity contribution in [2.24, 2.45) is 0 Å². The third kappa shape index (κ3) is 3.39. The van der Waals surface area contributed by atoms with E-state index in [-0.39, 0.29) is 0 Å². The van der Waals surface area contributed by atoms with Crippen molar-refractivity contribution in [3.8, 4) is 0 Å². The first kappa shape index (κ1) is 18.2. The fraction of sp³-hybridized carbons (Fsp3) is 0.294. The number of nitrogens with zero attached hydrogens (tertiary/aromatic N) is 2. The third-order valence-corrected chi connectivity index (χ3v) is 5.13. The van der Waals surface area contributed by atoms with Crippen LogP contribution in [0.4, 0.5) is 14.9 Å². The molecule has 8 heteroatoms. The number of carbonyl (C=O) groups excluding carboxylic acids is 1. The number of benzene rings is 1. The molecule has 2 aromatic heterocycles. The third-order valence-electron chi connectivity index (χ3n) is 3.60. The van der Waals surface area contributed by atoms with E-state index in [9.17, 15) is 9.18 Å². The molecule has 0 aliphatic carbocycles. The second kappa shape index (κ2) is 6.28. The highest BCUT2D eigenvalue weighted by molar-refractivity contribution is 14.1. The van der Waals surface area contributed by atoms with E-state index in [2.05, 4.69) is 32.6 Å². The summed E-state index contributed by atoms with van der Waals surface area (Å²) >= 11 is 8.46. The zero-order valence-corrected chi connectivity index (χ0v) is 17.0. The molecule has 1 aromatic carbocycles. The summed E-state index contributed by atoms with van der Waals surface area (Å²) in [6, 6.07) is 2.66. The van der Waals surface area contributed by atoms with E-state index in [0.29, 0.717) is 32.6 Å². The molecule has 0 fully saturated rings. The number of aromatic amines is 1. The lowest BCUT2D eigenvalue weighted by molar-refractivity contribution is 0.0589. The number of carbonyl (C=O) groups is 1. The maximum absolute atomic E-state index is 14.2. The SMILES string of the molecule is CN(C(=O)OC(C)(C)C)c1cc(F)cc2c1[nH]c1ncc(I)c(Cl)c12. The van der Waals surface area contributed by atoms with Crippen LogP contribution >= 0.6 is 34.2 Å². The molecule has 1 amide bonds. The molecule has 0 radical (unpaired) electrons. The van der Waals surface area contributed by atoms with Gasteiger partial charge in [0.05, 0.1) is 19.8 Å². The Morgan fingerprint density at radius 3 is 2.72 bits per heavy atom. The van der Waals surface area contributed by atoms with Crippen LogP contribution in [0.3, 0.4) is 0 Å². The van der Waals surface area contributed by atoms with Gasteiger partial charge in [0, 0.05) is 24.0 Å². The average molecular weight is 476 g/mol. The fourth-order valence-corrected chi connectivity index (χ4v) is 3.19.